The second-order valence-electron chi connectivity index (χ2n) is 4.82. The fourth-order valence-corrected chi connectivity index (χ4v) is 2.45. The molecule has 3 aliphatic rings. The van der Waals surface area contributed by atoms with E-state index >= 15 is 0 Å². The zero-order chi connectivity index (χ0) is 10.0. The van der Waals surface area contributed by atoms with E-state index in [9.17, 15) is 4.79 Å². The van der Waals surface area contributed by atoms with Gasteiger partial charge in [0.05, 0.1) is 6.61 Å². The predicted molar refractivity (Wildman–Crippen MR) is 46.2 cm³/mol. The second-order valence-corrected chi connectivity index (χ2v) is 4.82. The fraction of sp³-hybridized carbons (Fsp3) is 0.900. The van der Waals surface area contributed by atoms with Crippen LogP contribution in [0.1, 0.15) is 33.1 Å². The molecule has 2 spiro atoms. The van der Waals surface area contributed by atoms with Crippen LogP contribution in [-0.4, -0.2) is 24.2 Å². The Bertz CT molecular complexity index is 299. The number of esters is 1. The standard InChI is InChI=1S/C10H14O4/c1-8(2)13-7(11)9(3-4-9)10(14-8)5-6-12-10/h3-6H2,1-2H3. The van der Waals surface area contributed by atoms with Gasteiger partial charge in [0.25, 0.3) is 0 Å². The lowest BCUT2D eigenvalue weighted by Gasteiger charge is -2.53. The van der Waals surface area contributed by atoms with Crippen LogP contribution in [0.5, 0.6) is 0 Å². The Labute approximate surface area is 82.5 Å². The van der Waals surface area contributed by atoms with Gasteiger partial charge in [-0.05, 0) is 12.8 Å². The Morgan fingerprint density at radius 3 is 2.29 bits per heavy atom. The molecule has 3 rings (SSSR count). The third-order valence-corrected chi connectivity index (χ3v) is 3.39. The smallest absolute Gasteiger partial charge is 0.320 e. The summed E-state index contributed by atoms with van der Waals surface area (Å²) in [6, 6.07) is 0. The lowest BCUT2D eigenvalue weighted by Crippen LogP contribution is -2.64. The van der Waals surface area contributed by atoms with Gasteiger partial charge in [-0.2, -0.15) is 0 Å². The molecule has 0 N–H and O–H groups in total. The van der Waals surface area contributed by atoms with Gasteiger partial charge in [0.2, 0.25) is 5.79 Å². The summed E-state index contributed by atoms with van der Waals surface area (Å²) >= 11 is 0. The number of cyclic esters (lactones) is 1. The molecule has 2 aliphatic heterocycles. The highest BCUT2D eigenvalue weighted by Crippen LogP contribution is 2.64. The van der Waals surface area contributed by atoms with E-state index < -0.39 is 17.0 Å². The second kappa shape index (κ2) is 2.14. The first-order valence-corrected chi connectivity index (χ1v) is 5.07. The Morgan fingerprint density at radius 2 is 1.86 bits per heavy atom. The van der Waals surface area contributed by atoms with Gasteiger partial charge in [-0.25, -0.2) is 0 Å². The number of ether oxygens (including phenoxy) is 3. The van der Waals surface area contributed by atoms with Crippen LogP contribution >= 0.6 is 0 Å². The number of carbonyl (C=O) groups is 1. The normalized spacial score (nSPS) is 42.0. The van der Waals surface area contributed by atoms with Gasteiger partial charge in [0.1, 0.15) is 5.41 Å². The average molecular weight is 198 g/mol. The molecule has 0 amide bonds. The molecule has 4 nitrogen and oxygen atoms in total. The minimum absolute atomic E-state index is 0.145. The van der Waals surface area contributed by atoms with Crippen molar-refractivity contribution in [3.05, 3.63) is 0 Å². The number of fused-ring (bicyclic) bond motifs is 1. The number of hydrogen-bond donors (Lipinski definition) is 0. The molecule has 4 heteroatoms. The van der Waals surface area contributed by atoms with Crippen molar-refractivity contribution in [3.8, 4) is 0 Å². The molecule has 1 atom stereocenters. The van der Waals surface area contributed by atoms with Crippen LogP contribution in [0.25, 0.3) is 0 Å². The van der Waals surface area contributed by atoms with E-state index in [1.54, 1.807) is 13.8 Å². The summed E-state index contributed by atoms with van der Waals surface area (Å²) in [5, 5.41) is 0. The topological polar surface area (TPSA) is 44.8 Å². The molecule has 0 aromatic carbocycles. The summed E-state index contributed by atoms with van der Waals surface area (Å²) in [5.74, 6) is -1.65. The zero-order valence-electron chi connectivity index (χ0n) is 8.46. The van der Waals surface area contributed by atoms with Crippen molar-refractivity contribution in [2.75, 3.05) is 6.61 Å². The maximum atomic E-state index is 11.8. The minimum atomic E-state index is -0.842. The minimum Gasteiger partial charge on any atom is -0.433 e. The zero-order valence-corrected chi connectivity index (χ0v) is 8.46. The summed E-state index contributed by atoms with van der Waals surface area (Å²) in [4.78, 5) is 11.8. The van der Waals surface area contributed by atoms with E-state index in [-0.39, 0.29) is 5.97 Å². The van der Waals surface area contributed by atoms with Gasteiger partial charge in [-0.1, -0.05) is 0 Å². The van der Waals surface area contributed by atoms with Crippen LogP contribution in [-0.2, 0) is 19.0 Å². The van der Waals surface area contributed by atoms with Crippen LogP contribution in [0.4, 0.5) is 0 Å². The predicted octanol–water partition coefficient (Wildman–Crippen LogP) is 1.19. The van der Waals surface area contributed by atoms with Crippen molar-refractivity contribution in [2.24, 2.45) is 5.41 Å². The highest BCUT2D eigenvalue weighted by Gasteiger charge is 2.74. The molecule has 3 fully saturated rings. The van der Waals surface area contributed by atoms with E-state index in [0.717, 1.165) is 19.3 Å². The van der Waals surface area contributed by atoms with E-state index in [4.69, 9.17) is 14.2 Å². The molecule has 0 radical (unpaired) electrons. The lowest BCUT2D eigenvalue weighted by atomic mass is 9.87. The van der Waals surface area contributed by atoms with Crippen molar-refractivity contribution >= 4 is 5.97 Å². The molecule has 2 saturated heterocycles. The molecule has 2 heterocycles. The highest BCUT2D eigenvalue weighted by molar-refractivity contribution is 5.82. The molecule has 78 valence electrons. The van der Waals surface area contributed by atoms with E-state index in [2.05, 4.69) is 0 Å². The van der Waals surface area contributed by atoms with Crippen LogP contribution in [0.2, 0.25) is 0 Å². The number of hydrogen-bond acceptors (Lipinski definition) is 4. The lowest BCUT2D eigenvalue weighted by molar-refractivity contribution is -0.426. The van der Waals surface area contributed by atoms with Crippen LogP contribution < -0.4 is 0 Å². The van der Waals surface area contributed by atoms with Gasteiger partial charge in [0, 0.05) is 20.3 Å². The van der Waals surface area contributed by atoms with Crippen molar-refractivity contribution in [3.63, 3.8) is 0 Å². The molecule has 0 bridgehead atoms. The Kier molecular flexibility index (Phi) is 1.33. The van der Waals surface area contributed by atoms with Gasteiger partial charge in [0.15, 0.2) is 5.79 Å². The third kappa shape index (κ3) is 0.834. The van der Waals surface area contributed by atoms with Gasteiger partial charge < -0.3 is 14.2 Å². The molecular formula is C10H14O4. The maximum Gasteiger partial charge on any atom is 0.320 e. The van der Waals surface area contributed by atoms with Gasteiger partial charge in [-0.3, -0.25) is 4.79 Å². The molecular weight excluding hydrogens is 184 g/mol. The van der Waals surface area contributed by atoms with E-state index in [1.165, 1.54) is 0 Å². The Balaban J connectivity index is 1.97. The first-order chi connectivity index (χ1) is 6.50. The number of rotatable bonds is 0. The van der Waals surface area contributed by atoms with Gasteiger partial charge in [-0.15, -0.1) is 0 Å². The average Bonchev–Trinajstić information content (AvgIpc) is 2.74. The van der Waals surface area contributed by atoms with Crippen LogP contribution in [0.15, 0.2) is 0 Å². The summed E-state index contributed by atoms with van der Waals surface area (Å²) < 4.78 is 16.5. The summed E-state index contributed by atoms with van der Waals surface area (Å²) in [6.45, 7) is 4.19. The Hall–Kier alpha value is -0.610. The molecule has 1 saturated carbocycles. The van der Waals surface area contributed by atoms with E-state index in [1.807, 2.05) is 0 Å². The maximum absolute atomic E-state index is 11.8. The molecule has 0 aromatic heterocycles. The highest BCUT2D eigenvalue weighted by atomic mass is 16.8. The van der Waals surface area contributed by atoms with Crippen LogP contribution in [0.3, 0.4) is 0 Å². The van der Waals surface area contributed by atoms with Crippen molar-refractivity contribution in [2.45, 2.75) is 44.7 Å². The molecule has 14 heavy (non-hydrogen) atoms. The van der Waals surface area contributed by atoms with Crippen LogP contribution in [0, 0.1) is 5.41 Å². The molecule has 0 aromatic rings. The van der Waals surface area contributed by atoms with Gasteiger partial charge >= 0.3 is 5.97 Å². The first-order valence-electron chi connectivity index (χ1n) is 5.07. The van der Waals surface area contributed by atoms with Crippen molar-refractivity contribution in [1.82, 2.24) is 0 Å². The SMILES string of the molecule is CC1(C)OC(=O)C2(CC2)C2(CCO2)O1. The summed E-state index contributed by atoms with van der Waals surface area (Å²) in [6.07, 6.45) is 2.48. The third-order valence-electron chi connectivity index (χ3n) is 3.39. The quantitative estimate of drug-likeness (QED) is 0.548. The van der Waals surface area contributed by atoms with E-state index in [0.29, 0.717) is 6.61 Å². The fourth-order valence-electron chi connectivity index (χ4n) is 2.45. The van der Waals surface area contributed by atoms with Crippen molar-refractivity contribution < 1.29 is 19.0 Å². The summed E-state index contributed by atoms with van der Waals surface area (Å²) in [7, 11) is 0. The monoisotopic (exact) mass is 198 g/mol. The summed E-state index contributed by atoms with van der Waals surface area (Å²) in [5.41, 5.74) is -0.471. The van der Waals surface area contributed by atoms with Crippen molar-refractivity contribution in [1.29, 1.82) is 0 Å². The molecule has 1 unspecified atom stereocenters. The Morgan fingerprint density at radius 1 is 1.21 bits per heavy atom. The first kappa shape index (κ1) is 8.68. The number of carbonyl (C=O) groups excluding carboxylic acids is 1. The molecule has 1 aliphatic carbocycles. The largest absolute Gasteiger partial charge is 0.433 e.